The molecule has 1 aliphatic heterocycles. The fraction of sp³-hybridized carbons (Fsp3) is 0.348. The van der Waals surface area contributed by atoms with E-state index in [1.165, 1.54) is 30.3 Å². The van der Waals surface area contributed by atoms with Crippen LogP contribution in [-0.2, 0) is 4.74 Å². The van der Waals surface area contributed by atoms with Gasteiger partial charge in [-0.2, -0.15) is 4.98 Å². The first kappa shape index (κ1) is 22.9. The molecule has 0 aliphatic carbocycles. The third-order valence-corrected chi connectivity index (χ3v) is 5.35. The average molecular weight is 462 g/mol. The number of pyridine rings is 1. The van der Waals surface area contributed by atoms with E-state index in [1.54, 1.807) is 13.0 Å². The van der Waals surface area contributed by atoms with Crippen LogP contribution in [0.25, 0.3) is 22.4 Å². The second kappa shape index (κ2) is 9.30. The van der Waals surface area contributed by atoms with Crippen molar-refractivity contribution in [1.29, 1.82) is 0 Å². The van der Waals surface area contributed by atoms with Gasteiger partial charge >= 0.3 is 0 Å². The Kier molecular flexibility index (Phi) is 6.46. The summed E-state index contributed by atoms with van der Waals surface area (Å²) >= 11 is 0. The van der Waals surface area contributed by atoms with Crippen LogP contribution in [0.3, 0.4) is 0 Å². The monoisotopic (exact) mass is 462 g/mol. The summed E-state index contributed by atoms with van der Waals surface area (Å²) in [7, 11) is 0. The van der Waals surface area contributed by atoms with Crippen LogP contribution in [0, 0.1) is 12.7 Å². The number of benzene rings is 1. The highest BCUT2D eigenvalue weighted by Crippen LogP contribution is 2.40. The summed E-state index contributed by atoms with van der Waals surface area (Å²) in [5.41, 5.74) is 5.39. The Hall–Kier alpha value is -3.27. The lowest BCUT2D eigenvalue weighted by molar-refractivity contribution is -0.0329. The van der Waals surface area contributed by atoms with Crippen LogP contribution in [0.4, 0.5) is 23.5 Å². The van der Waals surface area contributed by atoms with E-state index in [0.717, 1.165) is 0 Å². The van der Waals surface area contributed by atoms with E-state index in [-0.39, 0.29) is 55.7 Å². The first-order valence-electron chi connectivity index (χ1n) is 10.3. The summed E-state index contributed by atoms with van der Waals surface area (Å²) < 4.78 is 66.6. The molecule has 2 N–H and O–H groups in total. The highest BCUT2D eigenvalue weighted by molar-refractivity contribution is 5.85. The molecule has 0 bridgehead atoms. The normalized spacial score (nSPS) is 15.6. The van der Waals surface area contributed by atoms with Gasteiger partial charge in [0.05, 0.1) is 11.3 Å². The van der Waals surface area contributed by atoms with Crippen molar-refractivity contribution in [2.24, 2.45) is 0 Å². The van der Waals surface area contributed by atoms with Crippen LogP contribution in [-0.4, -0.2) is 40.4 Å². The molecule has 0 radical (unpaired) electrons. The second-order valence-corrected chi connectivity index (χ2v) is 7.89. The summed E-state index contributed by atoms with van der Waals surface area (Å²) in [6.07, 6.45) is -2.51. The average Bonchev–Trinajstić information content (AvgIpc) is 2.78. The zero-order valence-corrected chi connectivity index (χ0v) is 17.8. The number of rotatable bonds is 6. The molecule has 0 saturated carbocycles. The minimum absolute atomic E-state index is 0.0591. The number of anilines is 1. The molecule has 3 heterocycles. The Morgan fingerprint density at radius 2 is 1.76 bits per heavy atom. The Labute approximate surface area is 187 Å². The van der Waals surface area contributed by atoms with Gasteiger partial charge in [0.1, 0.15) is 23.8 Å². The van der Waals surface area contributed by atoms with E-state index in [2.05, 4.69) is 15.0 Å². The SMILES string of the molecule is Cc1cc(-c2c(OCC3(F)CCOCC3)nc(N)nc2-c2ccc(F)cc2)cc(C(F)F)n1. The summed E-state index contributed by atoms with van der Waals surface area (Å²) in [6, 6.07) is 8.19. The maximum absolute atomic E-state index is 15.2. The highest BCUT2D eigenvalue weighted by Gasteiger charge is 2.34. The van der Waals surface area contributed by atoms with Crippen molar-refractivity contribution in [3.8, 4) is 28.3 Å². The number of alkyl halides is 3. The van der Waals surface area contributed by atoms with Crippen molar-refractivity contribution in [1.82, 2.24) is 15.0 Å². The number of nitrogens with zero attached hydrogens (tertiary/aromatic N) is 3. The van der Waals surface area contributed by atoms with Gasteiger partial charge in [0.25, 0.3) is 6.43 Å². The second-order valence-electron chi connectivity index (χ2n) is 7.89. The Balaban J connectivity index is 1.86. The van der Waals surface area contributed by atoms with Gasteiger partial charge in [-0.3, -0.25) is 4.98 Å². The van der Waals surface area contributed by atoms with Crippen LogP contribution in [0.1, 0.15) is 30.7 Å². The van der Waals surface area contributed by atoms with E-state index in [0.29, 0.717) is 16.8 Å². The molecule has 0 atom stereocenters. The zero-order chi connectivity index (χ0) is 23.6. The molecule has 1 aliphatic rings. The van der Waals surface area contributed by atoms with Crippen molar-refractivity contribution in [2.45, 2.75) is 31.9 Å². The Morgan fingerprint density at radius 1 is 1.06 bits per heavy atom. The third kappa shape index (κ3) is 5.22. The predicted molar refractivity (Wildman–Crippen MR) is 114 cm³/mol. The number of hydrogen-bond acceptors (Lipinski definition) is 6. The number of hydrogen-bond donors (Lipinski definition) is 1. The molecule has 0 amide bonds. The summed E-state index contributed by atoms with van der Waals surface area (Å²) in [5.74, 6) is -0.679. The minimum Gasteiger partial charge on any atom is -0.474 e. The van der Waals surface area contributed by atoms with Gasteiger partial charge in [0.15, 0.2) is 0 Å². The van der Waals surface area contributed by atoms with Gasteiger partial charge in [-0.15, -0.1) is 0 Å². The maximum Gasteiger partial charge on any atom is 0.280 e. The van der Waals surface area contributed by atoms with Crippen LogP contribution in [0.5, 0.6) is 5.88 Å². The van der Waals surface area contributed by atoms with Crippen LogP contribution in [0.2, 0.25) is 0 Å². The fourth-order valence-electron chi connectivity index (χ4n) is 3.67. The lowest BCUT2D eigenvalue weighted by Crippen LogP contribution is -2.37. The Morgan fingerprint density at radius 3 is 2.42 bits per heavy atom. The molecule has 0 spiro atoms. The number of aryl methyl sites for hydroxylation is 1. The maximum atomic E-state index is 15.2. The van der Waals surface area contributed by atoms with E-state index < -0.39 is 23.6 Å². The fourth-order valence-corrected chi connectivity index (χ4v) is 3.67. The summed E-state index contributed by atoms with van der Waals surface area (Å²) in [4.78, 5) is 12.3. The third-order valence-electron chi connectivity index (χ3n) is 5.35. The Bertz CT molecular complexity index is 1140. The zero-order valence-electron chi connectivity index (χ0n) is 17.8. The van der Waals surface area contributed by atoms with Gasteiger partial charge in [0, 0.05) is 37.3 Å². The molecule has 6 nitrogen and oxygen atoms in total. The number of nitrogen functional groups attached to an aromatic ring is 1. The molecule has 10 heteroatoms. The highest BCUT2D eigenvalue weighted by atomic mass is 19.3. The first-order valence-corrected chi connectivity index (χ1v) is 10.3. The van der Waals surface area contributed by atoms with Gasteiger partial charge in [-0.1, -0.05) is 0 Å². The standard InChI is InChI=1S/C23H22F4N4O2/c1-13-10-15(11-17(29-13)20(25)26)18-19(14-2-4-16(24)5-3-14)30-22(28)31-21(18)33-12-23(27)6-8-32-9-7-23/h2-5,10-11,20H,6-9,12H2,1H3,(H2,28,30,31). The molecule has 1 saturated heterocycles. The number of halogens is 4. The van der Waals surface area contributed by atoms with Crippen LogP contribution in [0.15, 0.2) is 36.4 Å². The molecule has 174 valence electrons. The lowest BCUT2D eigenvalue weighted by atomic mass is 9.97. The molecular formula is C23H22F4N4O2. The van der Waals surface area contributed by atoms with Crippen LogP contribution >= 0.6 is 0 Å². The molecule has 3 aromatic rings. The van der Waals surface area contributed by atoms with Crippen molar-refractivity contribution < 1.29 is 27.0 Å². The van der Waals surface area contributed by atoms with Crippen molar-refractivity contribution in [2.75, 3.05) is 25.6 Å². The lowest BCUT2D eigenvalue weighted by Gasteiger charge is -2.29. The van der Waals surface area contributed by atoms with Gasteiger partial charge < -0.3 is 15.2 Å². The number of aromatic nitrogens is 3. The summed E-state index contributed by atoms with van der Waals surface area (Å²) in [5, 5.41) is 0. The van der Waals surface area contributed by atoms with Gasteiger partial charge in [0.2, 0.25) is 11.8 Å². The van der Waals surface area contributed by atoms with Gasteiger partial charge in [-0.05, 0) is 48.9 Å². The molecule has 33 heavy (non-hydrogen) atoms. The molecule has 2 aromatic heterocycles. The van der Waals surface area contributed by atoms with Crippen molar-refractivity contribution in [3.05, 3.63) is 53.6 Å². The van der Waals surface area contributed by atoms with Gasteiger partial charge in [-0.25, -0.2) is 22.5 Å². The van der Waals surface area contributed by atoms with E-state index in [9.17, 15) is 13.2 Å². The molecule has 1 aromatic carbocycles. The van der Waals surface area contributed by atoms with E-state index in [1.807, 2.05) is 0 Å². The van der Waals surface area contributed by atoms with E-state index in [4.69, 9.17) is 15.2 Å². The predicted octanol–water partition coefficient (Wildman–Crippen LogP) is 5.07. The number of nitrogens with two attached hydrogens (primary N) is 1. The quantitative estimate of drug-likeness (QED) is 0.515. The van der Waals surface area contributed by atoms with Crippen LogP contribution < -0.4 is 10.5 Å². The molecule has 4 rings (SSSR count). The molecule has 0 unspecified atom stereocenters. The van der Waals surface area contributed by atoms with Crippen molar-refractivity contribution in [3.63, 3.8) is 0 Å². The topological polar surface area (TPSA) is 83.2 Å². The largest absolute Gasteiger partial charge is 0.474 e. The van der Waals surface area contributed by atoms with E-state index >= 15 is 4.39 Å². The summed E-state index contributed by atoms with van der Waals surface area (Å²) in [6.45, 7) is 1.78. The molecule has 1 fully saturated rings. The smallest absolute Gasteiger partial charge is 0.280 e. The van der Waals surface area contributed by atoms with Crippen molar-refractivity contribution >= 4 is 5.95 Å². The number of ether oxygens (including phenoxy) is 2. The first-order chi connectivity index (χ1) is 15.7. The minimum atomic E-state index is -2.81. The molecular weight excluding hydrogens is 440 g/mol.